The molecule has 38 heavy (non-hydrogen) atoms. The van der Waals surface area contributed by atoms with Crippen molar-refractivity contribution in [2.75, 3.05) is 38.0 Å². The van der Waals surface area contributed by atoms with Crippen LogP contribution in [0.3, 0.4) is 0 Å². The van der Waals surface area contributed by atoms with Gasteiger partial charge in [-0.25, -0.2) is 9.78 Å². The molecule has 12 nitrogen and oxygen atoms in total. The third kappa shape index (κ3) is 5.29. The van der Waals surface area contributed by atoms with Gasteiger partial charge in [-0.2, -0.15) is 0 Å². The molecule has 0 saturated carbocycles. The Labute approximate surface area is 218 Å². The molecule has 1 atom stereocenters. The van der Waals surface area contributed by atoms with E-state index in [0.29, 0.717) is 43.1 Å². The van der Waals surface area contributed by atoms with Gasteiger partial charge in [0.1, 0.15) is 25.0 Å². The van der Waals surface area contributed by atoms with Crippen LogP contribution < -0.4 is 10.6 Å². The van der Waals surface area contributed by atoms with Crippen LogP contribution in [-0.4, -0.2) is 88.2 Å². The zero-order valence-electron chi connectivity index (χ0n) is 20.7. The number of hydrogen-bond donors (Lipinski definition) is 2. The summed E-state index contributed by atoms with van der Waals surface area (Å²) in [6.45, 7) is 1.83. The fourth-order valence-electron chi connectivity index (χ4n) is 4.85. The van der Waals surface area contributed by atoms with Gasteiger partial charge in [0.25, 0.3) is 5.91 Å². The van der Waals surface area contributed by atoms with Crippen LogP contribution in [0.4, 0.5) is 10.6 Å². The van der Waals surface area contributed by atoms with Crippen LogP contribution >= 0.6 is 0 Å². The van der Waals surface area contributed by atoms with Gasteiger partial charge in [-0.05, 0) is 18.1 Å². The van der Waals surface area contributed by atoms with Crippen molar-refractivity contribution >= 4 is 35.5 Å². The number of amides is 5. The molecule has 198 valence electrons. The van der Waals surface area contributed by atoms with E-state index in [9.17, 15) is 24.0 Å². The van der Waals surface area contributed by atoms with E-state index < -0.39 is 18.0 Å². The van der Waals surface area contributed by atoms with Crippen molar-refractivity contribution in [2.45, 2.75) is 32.0 Å². The van der Waals surface area contributed by atoms with E-state index in [1.165, 1.54) is 16.0 Å². The number of fused-ring (bicyclic) bond motifs is 1. The predicted molar refractivity (Wildman–Crippen MR) is 134 cm³/mol. The fraction of sp³-hybridized carbons (Fsp3) is 0.385. The Morgan fingerprint density at radius 2 is 1.89 bits per heavy atom. The number of aromatic nitrogens is 1. The van der Waals surface area contributed by atoms with Crippen molar-refractivity contribution in [3.05, 3.63) is 59.3 Å². The summed E-state index contributed by atoms with van der Waals surface area (Å²) >= 11 is 0. The zero-order chi connectivity index (χ0) is 26.6. The molecule has 5 rings (SSSR count). The summed E-state index contributed by atoms with van der Waals surface area (Å²) in [7, 11) is 0. The van der Waals surface area contributed by atoms with Crippen LogP contribution in [0, 0.1) is 0 Å². The van der Waals surface area contributed by atoms with E-state index >= 15 is 0 Å². The molecule has 3 aliphatic heterocycles. The molecule has 0 aliphatic carbocycles. The van der Waals surface area contributed by atoms with E-state index in [1.807, 2.05) is 30.3 Å². The monoisotopic (exact) mass is 520 g/mol. The van der Waals surface area contributed by atoms with E-state index in [4.69, 9.17) is 4.74 Å². The highest BCUT2D eigenvalue weighted by Crippen LogP contribution is 2.31. The van der Waals surface area contributed by atoms with Crippen molar-refractivity contribution in [1.29, 1.82) is 0 Å². The van der Waals surface area contributed by atoms with E-state index in [-0.39, 0.29) is 50.3 Å². The summed E-state index contributed by atoms with van der Waals surface area (Å²) in [6, 6.07) is 10.3. The second-order valence-electron chi connectivity index (χ2n) is 9.35. The topological polar surface area (TPSA) is 141 Å². The molecule has 12 heteroatoms. The van der Waals surface area contributed by atoms with Crippen molar-refractivity contribution in [2.24, 2.45) is 0 Å². The molecule has 4 heterocycles. The number of nitrogens with zero attached hydrogens (tertiary/aromatic N) is 4. The number of piperidine rings is 1. The van der Waals surface area contributed by atoms with Gasteiger partial charge >= 0.3 is 6.09 Å². The lowest BCUT2D eigenvalue weighted by molar-refractivity contribution is -0.137. The largest absolute Gasteiger partial charge is 0.445 e. The maximum absolute atomic E-state index is 13.0. The molecule has 2 N–H and O–H groups in total. The number of ether oxygens (including phenoxy) is 1. The third-order valence-electron chi connectivity index (χ3n) is 6.92. The summed E-state index contributed by atoms with van der Waals surface area (Å²) in [5.74, 6) is -0.739. The first kappa shape index (κ1) is 25.2. The van der Waals surface area contributed by atoms with Gasteiger partial charge < -0.3 is 19.9 Å². The lowest BCUT2D eigenvalue weighted by atomic mass is 10.0. The molecule has 2 aromatic rings. The molecule has 0 radical (unpaired) electrons. The number of hydrogen-bond acceptors (Lipinski definition) is 8. The van der Waals surface area contributed by atoms with E-state index in [0.717, 1.165) is 5.56 Å². The molecular weight excluding hydrogens is 492 g/mol. The minimum Gasteiger partial charge on any atom is -0.445 e. The van der Waals surface area contributed by atoms with Gasteiger partial charge in [0.05, 0.1) is 6.54 Å². The molecule has 0 spiro atoms. The minimum atomic E-state index is -0.700. The van der Waals surface area contributed by atoms with Gasteiger partial charge in [0.2, 0.25) is 17.7 Å². The van der Waals surface area contributed by atoms with E-state index in [1.54, 1.807) is 11.0 Å². The Hall–Kier alpha value is -4.48. The number of carbonyl (C=O) groups is 5. The smallest absolute Gasteiger partial charge is 0.410 e. The summed E-state index contributed by atoms with van der Waals surface area (Å²) in [5.41, 5.74) is 2.02. The second-order valence-corrected chi connectivity index (χ2v) is 9.35. The predicted octanol–water partition coefficient (Wildman–Crippen LogP) is 0.736. The number of carbonyl (C=O) groups excluding carboxylic acids is 5. The number of benzene rings is 1. The summed E-state index contributed by atoms with van der Waals surface area (Å²) < 4.78 is 5.33. The van der Waals surface area contributed by atoms with Crippen molar-refractivity contribution in [1.82, 2.24) is 25.0 Å². The minimum absolute atomic E-state index is 0.0535. The number of nitrogens with one attached hydrogen (secondary N) is 2. The summed E-state index contributed by atoms with van der Waals surface area (Å²) in [6.07, 6.45) is 1.48. The van der Waals surface area contributed by atoms with Crippen molar-refractivity contribution in [3.8, 4) is 0 Å². The molecule has 2 fully saturated rings. The van der Waals surface area contributed by atoms with Crippen LogP contribution in [0.25, 0.3) is 0 Å². The standard InChI is InChI=1S/C26H28N6O6/c33-21-7-6-20(24(35)29-21)32-14-19-18(25(32)36)8-9-27-23(19)28-10-11-30-12-13-31(15-22(30)34)26(37)38-16-17-4-2-1-3-5-17/h1-5,8-9,20H,6-7,10-16H2,(H,27,28)(H,29,33,35). The fourth-order valence-corrected chi connectivity index (χ4v) is 4.85. The van der Waals surface area contributed by atoms with Crippen LogP contribution in [0.1, 0.15) is 34.3 Å². The highest BCUT2D eigenvalue weighted by atomic mass is 16.6. The van der Waals surface area contributed by atoms with Crippen LogP contribution in [0.15, 0.2) is 42.6 Å². The first-order valence-electron chi connectivity index (χ1n) is 12.5. The normalized spacial score (nSPS) is 19.4. The lowest BCUT2D eigenvalue weighted by Crippen LogP contribution is -2.53. The maximum atomic E-state index is 13.0. The Morgan fingerprint density at radius 1 is 1.08 bits per heavy atom. The molecular formula is C26H28N6O6. The summed E-state index contributed by atoms with van der Waals surface area (Å²) in [5, 5.41) is 5.50. The molecule has 2 saturated heterocycles. The highest BCUT2D eigenvalue weighted by Gasteiger charge is 2.40. The first-order chi connectivity index (χ1) is 18.4. The number of rotatable bonds is 7. The van der Waals surface area contributed by atoms with Crippen LogP contribution in [-0.2, 0) is 32.3 Å². The molecule has 1 unspecified atom stereocenters. The van der Waals surface area contributed by atoms with Gasteiger partial charge in [-0.3, -0.25) is 29.4 Å². The van der Waals surface area contributed by atoms with Gasteiger partial charge in [0.15, 0.2) is 0 Å². The van der Waals surface area contributed by atoms with Crippen LogP contribution in [0.2, 0.25) is 0 Å². The molecule has 0 bridgehead atoms. The summed E-state index contributed by atoms with van der Waals surface area (Å²) in [4.78, 5) is 70.7. The Kier molecular flexibility index (Phi) is 7.20. The number of pyridine rings is 1. The quantitative estimate of drug-likeness (QED) is 0.509. The molecule has 5 amide bonds. The van der Waals surface area contributed by atoms with Gasteiger partial charge in [0, 0.05) is 49.9 Å². The average Bonchev–Trinajstić information content (AvgIpc) is 3.25. The third-order valence-corrected chi connectivity index (χ3v) is 6.92. The number of imide groups is 1. The molecule has 1 aromatic carbocycles. The molecule has 1 aromatic heterocycles. The molecule has 3 aliphatic rings. The van der Waals surface area contributed by atoms with Crippen LogP contribution in [0.5, 0.6) is 0 Å². The Balaban J connectivity index is 1.11. The number of anilines is 1. The lowest BCUT2D eigenvalue weighted by Gasteiger charge is -2.33. The maximum Gasteiger partial charge on any atom is 0.410 e. The van der Waals surface area contributed by atoms with Gasteiger partial charge in [-0.15, -0.1) is 0 Å². The Morgan fingerprint density at radius 3 is 2.66 bits per heavy atom. The Bertz CT molecular complexity index is 1270. The second kappa shape index (κ2) is 10.9. The van der Waals surface area contributed by atoms with E-state index in [2.05, 4.69) is 15.6 Å². The highest BCUT2D eigenvalue weighted by molar-refractivity contribution is 6.05. The first-order valence-corrected chi connectivity index (χ1v) is 12.5. The van der Waals surface area contributed by atoms with Gasteiger partial charge in [-0.1, -0.05) is 30.3 Å². The van der Waals surface area contributed by atoms with Crippen molar-refractivity contribution < 1.29 is 28.7 Å². The van der Waals surface area contributed by atoms with Crippen molar-refractivity contribution in [3.63, 3.8) is 0 Å². The average molecular weight is 521 g/mol. The zero-order valence-corrected chi connectivity index (χ0v) is 20.7. The number of piperazine rings is 1. The SMILES string of the molecule is O=C1CCC(N2Cc3c(ccnc3NCCN3CCN(C(=O)OCc4ccccc4)CC3=O)C2=O)C(=O)N1.